The fraction of sp³-hybridized carbons (Fsp3) is 0.588. The first-order valence-corrected chi connectivity index (χ1v) is 15.6. The lowest BCUT2D eigenvalue weighted by Gasteiger charge is -2.42. The van der Waals surface area contributed by atoms with E-state index in [2.05, 4.69) is 46.6 Å². The van der Waals surface area contributed by atoms with Gasteiger partial charge in [0.2, 0.25) is 5.92 Å². The molecule has 2 atom stereocenters. The number of ether oxygens (including phenoxy) is 1. The SMILES string of the molecule is CC(C)(C)OC(=O)N1Cc2ccccc2C[C@@H]1CN(C/C=C/CNC1CCC(F)(F)CC1)[C@H]1CCCc2cccnc21. The van der Waals surface area contributed by atoms with Gasteiger partial charge in [-0.1, -0.05) is 42.5 Å². The van der Waals surface area contributed by atoms with Gasteiger partial charge in [0.25, 0.3) is 0 Å². The summed E-state index contributed by atoms with van der Waals surface area (Å²) < 4.78 is 33.0. The minimum Gasteiger partial charge on any atom is -0.444 e. The Balaban J connectivity index is 1.33. The largest absolute Gasteiger partial charge is 0.444 e. The predicted octanol–water partition coefficient (Wildman–Crippen LogP) is 6.85. The van der Waals surface area contributed by atoms with Crippen molar-refractivity contribution in [2.75, 3.05) is 19.6 Å². The molecule has 1 N–H and O–H groups in total. The zero-order chi connectivity index (χ0) is 29.7. The van der Waals surface area contributed by atoms with Crippen molar-refractivity contribution in [1.29, 1.82) is 0 Å². The maximum Gasteiger partial charge on any atom is 0.410 e. The molecular weight excluding hydrogens is 534 g/mol. The van der Waals surface area contributed by atoms with Crippen molar-refractivity contribution in [2.45, 2.75) is 108 Å². The summed E-state index contributed by atoms with van der Waals surface area (Å²) in [6.07, 6.45) is 10.8. The Morgan fingerprint density at radius 2 is 1.83 bits per heavy atom. The number of aromatic nitrogens is 1. The fourth-order valence-electron chi connectivity index (χ4n) is 6.60. The van der Waals surface area contributed by atoms with Gasteiger partial charge in [-0.15, -0.1) is 0 Å². The zero-order valence-corrected chi connectivity index (χ0v) is 25.3. The Labute approximate surface area is 249 Å². The topological polar surface area (TPSA) is 57.7 Å². The molecule has 1 aliphatic heterocycles. The van der Waals surface area contributed by atoms with E-state index in [9.17, 15) is 13.6 Å². The average Bonchev–Trinajstić information content (AvgIpc) is 2.95. The van der Waals surface area contributed by atoms with Crippen LogP contribution in [0.4, 0.5) is 13.6 Å². The van der Waals surface area contributed by atoms with Crippen LogP contribution in [0.5, 0.6) is 0 Å². The number of carbonyl (C=O) groups excluding carboxylic acids is 1. The summed E-state index contributed by atoms with van der Waals surface area (Å²) in [6, 6.07) is 12.8. The first kappa shape index (κ1) is 30.6. The first-order chi connectivity index (χ1) is 20.1. The number of rotatable bonds is 8. The second kappa shape index (κ2) is 13.2. The number of nitrogens with one attached hydrogen (secondary N) is 1. The standard InChI is InChI=1S/C34H46F2N4O2/c1-33(2,3)42-32(41)40-23-27-11-5-4-10-26(27)22-29(40)24-39(30-14-8-12-25-13-9-20-38-31(25)30)21-7-6-19-37-28-15-17-34(35,36)18-16-28/h4-7,9-11,13,20,28-30,37H,8,12,14-19,21-24H2,1-3H3/b7-6+/t29-,30+/m1/s1. The molecule has 228 valence electrons. The lowest BCUT2D eigenvalue weighted by atomic mass is 9.89. The van der Waals surface area contributed by atoms with Crippen LogP contribution in [0.1, 0.15) is 87.7 Å². The van der Waals surface area contributed by atoms with Crippen LogP contribution >= 0.6 is 0 Å². The highest BCUT2D eigenvalue weighted by Crippen LogP contribution is 2.35. The molecule has 5 rings (SSSR count). The quantitative estimate of drug-likeness (QED) is 0.346. The molecule has 0 radical (unpaired) electrons. The number of halogens is 2. The van der Waals surface area contributed by atoms with Crippen molar-refractivity contribution >= 4 is 6.09 Å². The lowest BCUT2D eigenvalue weighted by Crippen LogP contribution is -2.52. The van der Waals surface area contributed by atoms with Gasteiger partial charge in [0, 0.05) is 51.3 Å². The summed E-state index contributed by atoms with van der Waals surface area (Å²) in [6.45, 7) is 8.33. The minimum absolute atomic E-state index is 0.0328. The van der Waals surface area contributed by atoms with Gasteiger partial charge in [0.15, 0.2) is 0 Å². The highest BCUT2D eigenvalue weighted by atomic mass is 19.3. The maximum atomic E-state index is 13.5. The van der Waals surface area contributed by atoms with Crippen LogP contribution in [0, 0.1) is 0 Å². The van der Waals surface area contributed by atoms with E-state index in [0.29, 0.717) is 39.0 Å². The summed E-state index contributed by atoms with van der Waals surface area (Å²) in [4.78, 5) is 22.7. The number of fused-ring (bicyclic) bond motifs is 2. The number of alkyl halides is 2. The smallest absolute Gasteiger partial charge is 0.410 e. The van der Waals surface area contributed by atoms with E-state index in [4.69, 9.17) is 9.72 Å². The van der Waals surface area contributed by atoms with Gasteiger partial charge >= 0.3 is 6.09 Å². The highest BCUT2D eigenvalue weighted by molar-refractivity contribution is 5.69. The highest BCUT2D eigenvalue weighted by Gasteiger charge is 2.37. The molecular formula is C34H46F2N4O2. The van der Waals surface area contributed by atoms with E-state index in [1.165, 1.54) is 16.7 Å². The molecule has 2 aliphatic carbocycles. The van der Waals surface area contributed by atoms with Gasteiger partial charge in [-0.05, 0) is 82.1 Å². The maximum absolute atomic E-state index is 13.5. The van der Waals surface area contributed by atoms with Crippen LogP contribution in [-0.2, 0) is 24.1 Å². The van der Waals surface area contributed by atoms with Gasteiger partial charge in [0.05, 0.1) is 17.8 Å². The Morgan fingerprint density at radius 3 is 2.60 bits per heavy atom. The molecule has 3 aliphatic rings. The minimum atomic E-state index is -2.51. The zero-order valence-electron chi connectivity index (χ0n) is 25.3. The molecule has 1 aromatic heterocycles. The van der Waals surface area contributed by atoms with Crippen molar-refractivity contribution in [3.05, 3.63) is 77.1 Å². The van der Waals surface area contributed by atoms with Crippen LogP contribution in [0.2, 0.25) is 0 Å². The number of amides is 1. The number of aryl methyl sites for hydroxylation is 1. The third-order valence-electron chi connectivity index (χ3n) is 8.78. The van der Waals surface area contributed by atoms with Gasteiger partial charge in [-0.2, -0.15) is 0 Å². The van der Waals surface area contributed by atoms with Gasteiger partial charge in [0.1, 0.15) is 5.60 Å². The monoisotopic (exact) mass is 580 g/mol. The van der Waals surface area contributed by atoms with Crippen molar-refractivity contribution in [1.82, 2.24) is 20.1 Å². The summed E-state index contributed by atoms with van der Waals surface area (Å²) >= 11 is 0. The third kappa shape index (κ3) is 7.95. The summed E-state index contributed by atoms with van der Waals surface area (Å²) in [5.41, 5.74) is 4.31. The second-order valence-electron chi connectivity index (χ2n) is 13.2. The molecule has 8 heteroatoms. The molecule has 1 aromatic carbocycles. The summed E-state index contributed by atoms with van der Waals surface area (Å²) in [5, 5.41) is 3.44. The summed E-state index contributed by atoms with van der Waals surface area (Å²) in [5.74, 6) is -2.51. The van der Waals surface area contributed by atoms with E-state index in [1.807, 2.05) is 44.0 Å². The number of pyridine rings is 1. The van der Waals surface area contributed by atoms with Crippen LogP contribution in [0.25, 0.3) is 0 Å². The second-order valence-corrected chi connectivity index (χ2v) is 13.2. The average molecular weight is 581 g/mol. The van der Waals surface area contributed by atoms with Crippen molar-refractivity contribution < 1.29 is 18.3 Å². The van der Waals surface area contributed by atoms with Crippen molar-refractivity contribution in [2.24, 2.45) is 0 Å². The van der Waals surface area contributed by atoms with E-state index in [1.54, 1.807) is 0 Å². The molecule has 2 aromatic rings. The summed E-state index contributed by atoms with van der Waals surface area (Å²) in [7, 11) is 0. The van der Waals surface area contributed by atoms with Crippen molar-refractivity contribution in [3.63, 3.8) is 0 Å². The molecule has 1 amide bonds. The number of hydrogen-bond acceptors (Lipinski definition) is 5. The van der Waals surface area contributed by atoms with Gasteiger partial charge in [-0.25, -0.2) is 13.6 Å². The molecule has 42 heavy (non-hydrogen) atoms. The van der Waals surface area contributed by atoms with Gasteiger partial charge in [-0.3, -0.25) is 14.8 Å². The van der Waals surface area contributed by atoms with Crippen molar-refractivity contribution in [3.8, 4) is 0 Å². The van der Waals surface area contributed by atoms with E-state index >= 15 is 0 Å². The molecule has 0 unspecified atom stereocenters. The van der Waals surface area contributed by atoms with Crippen LogP contribution in [-0.4, -0.2) is 64.1 Å². The number of hydrogen-bond donors (Lipinski definition) is 1. The molecule has 1 fully saturated rings. The number of nitrogens with zero attached hydrogens (tertiary/aromatic N) is 3. The molecule has 0 bridgehead atoms. The van der Waals surface area contributed by atoms with Gasteiger partial charge < -0.3 is 10.1 Å². The molecule has 6 nitrogen and oxygen atoms in total. The van der Waals surface area contributed by atoms with E-state index in [0.717, 1.165) is 31.4 Å². The normalized spacial score (nSPS) is 22.7. The molecule has 1 saturated carbocycles. The van der Waals surface area contributed by atoms with E-state index in [-0.39, 0.29) is 37.1 Å². The number of benzene rings is 1. The predicted molar refractivity (Wildman–Crippen MR) is 162 cm³/mol. The van der Waals surface area contributed by atoms with Crippen LogP contribution in [0.3, 0.4) is 0 Å². The Bertz CT molecular complexity index is 1230. The fourth-order valence-corrected chi connectivity index (χ4v) is 6.60. The van der Waals surface area contributed by atoms with Crippen LogP contribution < -0.4 is 5.32 Å². The van der Waals surface area contributed by atoms with Crippen LogP contribution in [0.15, 0.2) is 54.7 Å². The van der Waals surface area contributed by atoms with E-state index < -0.39 is 11.5 Å². The Hall–Kier alpha value is -2.84. The lowest BCUT2D eigenvalue weighted by molar-refractivity contribution is -0.0401. The molecule has 0 saturated heterocycles. The third-order valence-corrected chi connectivity index (χ3v) is 8.78. The molecule has 0 spiro atoms. The first-order valence-electron chi connectivity index (χ1n) is 15.6. The number of carbonyl (C=O) groups is 1. The Kier molecular flexibility index (Phi) is 9.63. The Morgan fingerprint density at radius 1 is 1.10 bits per heavy atom. The molecule has 2 heterocycles.